The fraction of sp³-hybridized carbons (Fsp3) is 0.292. The van der Waals surface area contributed by atoms with Crippen molar-refractivity contribution in [2.45, 2.75) is 26.1 Å². The molecule has 0 saturated carbocycles. The topological polar surface area (TPSA) is 67.4 Å². The molecule has 0 radical (unpaired) electrons. The maximum atomic E-state index is 12.7. The number of piperidine rings is 1. The lowest BCUT2D eigenvalue weighted by Gasteiger charge is -2.32. The van der Waals surface area contributed by atoms with Gasteiger partial charge in [0.2, 0.25) is 5.91 Å². The molecule has 0 aliphatic carbocycles. The summed E-state index contributed by atoms with van der Waals surface area (Å²) >= 11 is 0. The first-order valence-electron chi connectivity index (χ1n) is 10.6. The molecule has 1 N–H and O–H groups in total. The highest BCUT2D eigenvalue weighted by Crippen LogP contribution is 2.31. The third-order valence-electron chi connectivity index (χ3n) is 5.63. The number of hydrogen-bond acceptors (Lipinski definition) is 5. The van der Waals surface area contributed by atoms with Crippen molar-refractivity contribution < 1.29 is 22.7 Å². The van der Waals surface area contributed by atoms with Crippen LogP contribution in [0.15, 0.2) is 60.7 Å². The monoisotopic (exact) mass is 456 g/mol. The van der Waals surface area contributed by atoms with Crippen molar-refractivity contribution in [1.29, 1.82) is 0 Å². The quantitative estimate of drug-likeness (QED) is 0.571. The molecule has 0 atom stereocenters. The summed E-state index contributed by atoms with van der Waals surface area (Å²) in [6.07, 6.45) is -3.73. The third kappa shape index (κ3) is 5.60. The van der Waals surface area contributed by atoms with Gasteiger partial charge in [-0.2, -0.15) is 0 Å². The Kier molecular flexibility index (Phi) is 6.48. The van der Waals surface area contributed by atoms with E-state index in [-0.39, 0.29) is 17.5 Å². The molecule has 1 aromatic heterocycles. The van der Waals surface area contributed by atoms with Crippen molar-refractivity contribution in [3.05, 3.63) is 66.2 Å². The van der Waals surface area contributed by atoms with Crippen LogP contribution in [0.25, 0.3) is 11.3 Å². The number of nitrogens with zero attached hydrogens (tertiary/aromatic N) is 3. The lowest BCUT2D eigenvalue weighted by molar-refractivity contribution is -0.274. The number of nitrogens with one attached hydrogen (secondary N) is 1. The zero-order valence-corrected chi connectivity index (χ0v) is 18.0. The number of halogens is 3. The lowest BCUT2D eigenvalue weighted by Crippen LogP contribution is -2.38. The number of alkyl halides is 3. The molecule has 1 fully saturated rings. The summed E-state index contributed by atoms with van der Waals surface area (Å²) in [6.45, 7) is 3.21. The molecule has 172 valence electrons. The minimum atomic E-state index is -4.83. The smallest absolute Gasteiger partial charge is 0.404 e. The summed E-state index contributed by atoms with van der Waals surface area (Å²) in [4.78, 5) is 14.7. The first-order chi connectivity index (χ1) is 15.8. The number of aromatic nitrogens is 2. The van der Waals surface area contributed by atoms with Crippen LogP contribution in [0.2, 0.25) is 0 Å². The van der Waals surface area contributed by atoms with Crippen LogP contribution in [0.5, 0.6) is 5.75 Å². The zero-order chi connectivity index (χ0) is 23.4. The summed E-state index contributed by atoms with van der Waals surface area (Å²) < 4.78 is 41.8. The van der Waals surface area contributed by atoms with E-state index >= 15 is 0 Å². The molecule has 0 spiro atoms. The molecule has 2 aromatic carbocycles. The van der Waals surface area contributed by atoms with E-state index in [0.717, 1.165) is 22.6 Å². The molecule has 9 heteroatoms. The van der Waals surface area contributed by atoms with Gasteiger partial charge in [0.1, 0.15) is 0 Å². The first kappa shape index (κ1) is 22.6. The second-order valence-electron chi connectivity index (χ2n) is 7.89. The maximum absolute atomic E-state index is 12.7. The number of benzene rings is 2. The van der Waals surface area contributed by atoms with Crippen LogP contribution in [0, 0.1) is 12.8 Å². The van der Waals surface area contributed by atoms with E-state index in [9.17, 15) is 18.0 Å². The Morgan fingerprint density at radius 2 is 1.70 bits per heavy atom. The molecule has 1 aliphatic heterocycles. The van der Waals surface area contributed by atoms with Crippen molar-refractivity contribution in [2.24, 2.45) is 5.92 Å². The molecule has 6 nitrogen and oxygen atoms in total. The van der Waals surface area contributed by atoms with Crippen LogP contribution in [0.1, 0.15) is 18.4 Å². The number of amides is 1. The molecule has 1 saturated heterocycles. The molecule has 1 aliphatic rings. The van der Waals surface area contributed by atoms with E-state index in [2.05, 4.69) is 25.2 Å². The Bertz CT molecular complexity index is 1110. The minimum Gasteiger partial charge on any atom is -0.404 e. The van der Waals surface area contributed by atoms with Crippen molar-refractivity contribution in [1.82, 2.24) is 10.2 Å². The Balaban J connectivity index is 1.36. The average molecular weight is 456 g/mol. The van der Waals surface area contributed by atoms with Crippen LogP contribution < -0.4 is 15.0 Å². The van der Waals surface area contributed by atoms with E-state index < -0.39 is 12.1 Å². The van der Waals surface area contributed by atoms with Crippen LogP contribution in [0.3, 0.4) is 0 Å². The van der Waals surface area contributed by atoms with Gasteiger partial charge in [-0.3, -0.25) is 4.79 Å². The van der Waals surface area contributed by atoms with Crippen LogP contribution in [-0.2, 0) is 4.79 Å². The van der Waals surface area contributed by atoms with Gasteiger partial charge in [0, 0.05) is 24.6 Å². The Morgan fingerprint density at radius 1 is 1.00 bits per heavy atom. The van der Waals surface area contributed by atoms with Crippen LogP contribution in [-0.4, -0.2) is 35.6 Å². The Labute approximate surface area is 189 Å². The van der Waals surface area contributed by atoms with Crippen molar-refractivity contribution in [3.8, 4) is 17.0 Å². The molecular formula is C24H23F3N4O2. The second-order valence-corrected chi connectivity index (χ2v) is 7.89. The van der Waals surface area contributed by atoms with E-state index in [1.54, 1.807) is 6.07 Å². The number of rotatable bonds is 5. The van der Waals surface area contributed by atoms with Gasteiger partial charge in [0.25, 0.3) is 0 Å². The number of anilines is 2. The molecule has 33 heavy (non-hydrogen) atoms. The summed E-state index contributed by atoms with van der Waals surface area (Å²) in [5.74, 6) is -0.344. The molecule has 4 rings (SSSR count). The zero-order valence-electron chi connectivity index (χ0n) is 18.0. The number of para-hydroxylation sites is 2. The SMILES string of the molecule is Cc1ccccc1-c1ccc(N2CCC(C(=O)Nc3ccccc3OC(F)(F)F)CC2)nn1. The van der Waals surface area contributed by atoms with Gasteiger partial charge >= 0.3 is 6.36 Å². The lowest BCUT2D eigenvalue weighted by atomic mass is 9.95. The van der Waals surface area contributed by atoms with Gasteiger partial charge in [-0.1, -0.05) is 36.4 Å². The summed E-state index contributed by atoms with van der Waals surface area (Å²) in [7, 11) is 0. The van der Waals surface area contributed by atoms with E-state index in [1.807, 2.05) is 43.3 Å². The Morgan fingerprint density at radius 3 is 2.36 bits per heavy atom. The summed E-state index contributed by atoms with van der Waals surface area (Å²) in [5.41, 5.74) is 2.95. The molecule has 0 unspecified atom stereocenters. The predicted octanol–water partition coefficient (Wildman–Crippen LogP) is 5.21. The highest BCUT2D eigenvalue weighted by Gasteiger charge is 2.33. The van der Waals surface area contributed by atoms with Gasteiger partial charge < -0.3 is 15.0 Å². The largest absolute Gasteiger partial charge is 0.573 e. The van der Waals surface area contributed by atoms with Gasteiger partial charge in [-0.25, -0.2) is 0 Å². The van der Waals surface area contributed by atoms with Crippen molar-refractivity contribution >= 4 is 17.4 Å². The number of carbonyl (C=O) groups is 1. The van der Waals surface area contributed by atoms with Gasteiger partial charge in [-0.15, -0.1) is 23.4 Å². The number of carbonyl (C=O) groups excluding carboxylic acids is 1. The predicted molar refractivity (Wildman–Crippen MR) is 119 cm³/mol. The normalized spacial score (nSPS) is 14.7. The van der Waals surface area contributed by atoms with E-state index in [4.69, 9.17) is 0 Å². The molecule has 2 heterocycles. The maximum Gasteiger partial charge on any atom is 0.573 e. The molecule has 1 amide bonds. The molecule has 0 bridgehead atoms. The van der Waals surface area contributed by atoms with Crippen LogP contribution in [0.4, 0.5) is 24.7 Å². The van der Waals surface area contributed by atoms with Gasteiger partial charge in [-0.05, 0) is 49.6 Å². The van der Waals surface area contributed by atoms with Crippen molar-refractivity contribution in [2.75, 3.05) is 23.3 Å². The summed E-state index contributed by atoms with van der Waals surface area (Å²) in [5, 5.41) is 11.3. The van der Waals surface area contributed by atoms with E-state index in [1.165, 1.54) is 18.2 Å². The number of aryl methyl sites for hydroxylation is 1. The fourth-order valence-corrected chi connectivity index (χ4v) is 3.89. The fourth-order valence-electron chi connectivity index (χ4n) is 3.89. The van der Waals surface area contributed by atoms with E-state index in [0.29, 0.717) is 25.9 Å². The number of hydrogen-bond donors (Lipinski definition) is 1. The highest BCUT2D eigenvalue weighted by molar-refractivity contribution is 5.94. The van der Waals surface area contributed by atoms with Crippen molar-refractivity contribution in [3.63, 3.8) is 0 Å². The minimum absolute atomic E-state index is 0.0000783. The van der Waals surface area contributed by atoms with Gasteiger partial charge in [0.15, 0.2) is 11.6 Å². The van der Waals surface area contributed by atoms with Crippen LogP contribution >= 0.6 is 0 Å². The Hall–Kier alpha value is -3.62. The third-order valence-corrected chi connectivity index (χ3v) is 5.63. The summed E-state index contributed by atoms with van der Waals surface area (Å²) in [6, 6.07) is 17.3. The standard InChI is InChI=1S/C24H23F3N4O2/c1-16-6-2-3-7-18(16)19-10-11-22(30-29-19)31-14-12-17(13-15-31)23(32)28-20-8-4-5-9-21(20)33-24(25,26)27/h2-11,17H,12-15H2,1H3,(H,28,32). The average Bonchev–Trinajstić information content (AvgIpc) is 2.80. The highest BCUT2D eigenvalue weighted by atomic mass is 19.4. The first-order valence-corrected chi connectivity index (χ1v) is 10.6. The molecule has 3 aromatic rings. The second kappa shape index (κ2) is 9.48. The van der Waals surface area contributed by atoms with Gasteiger partial charge in [0.05, 0.1) is 11.4 Å². The molecular weight excluding hydrogens is 433 g/mol. The number of ether oxygens (including phenoxy) is 1.